The normalized spacial score (nSPS) is 11.3. The molecule has 2 heteroatoms. The van der Waals surface area contributed by atoms with Crippen molar-refractivity contribution in [1.29, 1.82) is 0 Å². The van der Waals surface area contributed by atoms with Crippen molar-refractivity contribution in [2.75, 3.05) is 0 Å². The summed E-state index contributed by atoms with van der Waals surface area (Å²) in [6, 6.07) is 21.3. The van der Waals surface area contributed by atoms with Crippen molar-refractivity contribution in [2.45, 2.75) is 19.9 Å². The Balaban J connectivity index is 1.99. The zero-order valence-corrected chi connectivity index (χ0v) is 12.7. The lowest BCUT2D eigenvalue weighted by molar-refractivity contribution is 0.819. The average Bonchev–Trinajstić information content (AvgIpc) is 2.91. The lowest BCUT2D eigenvalue weighted by Crippen LogP contribution is -2.00. The molecule has 22 heavy (non-hydrogen) atoms. The molecule has 0 unspecified atom stereocenters. The molecule has 0 aliphatic heterocycles. The fourth-order valence-electron chi connectivity index (χ4n) is 3.32. The molecule has 0 saturated heterocycles. The molecule has 0 saturated carbocycles. The number of hydrogen-bond donors (Lipinski definition) is 0. The van der Waals surface area contributed by atoms with E-state index in [2.05, 4.69) is 77.1 Å². The van der Waals surface area contributed by atoms with Crippen molar-refractivity contribution in [3.05, 3.63) is 78.1 Å². The summed E-state index contributed by atoms with van der Waals surface area (Å²) >= 11 is 0. The van der Waals surface area contributed by atoms with E-state index in [4.69, 9.17) is 0 Å². The molecule has 0 spiro atoms. The lowest BCUT2D eigenvalue weighted by Gasteiger charge is -2.08. The second-order valence-electron chi connectivity index (χ2n) is 5.58. The molecule has 2 aromatic heterocycles. The molecule has 0 N–H and O–H groups in total. The number of aromatic nitrogens is 2. The first-order chi connectivity index (χ1) is 10.9. The summed E-state index contributed by atoms with van der Waals surface area (Å²) in [7, 11) is 0. The van der Waals surface area contributed by atoms with Crippen LogP contribution < -0.4 is 0 Å². The van der Waals surface area contributed by atoms with Crippen LogP contribution in [0.2, 0.25) is 0 Å². The molecule has 0 aliphatic rings. The number of aryl methyl sites for hydroxylation is 1. The predicted octanol–water partition coefficient (Wildman–Crippen LogP) is 4.80. The maximum absolute atomic E-state index is 4.69. The molecule has 2 heterocycles. The Morgan fingerprint density at radius 3 is 2.45 bits per heavy atom. The van der Waals surface area contributed by atoms with E-state index in [0.29, 0.717) is 0 Å². The van der Waals surface area contributed by atoms with Crippen LogP contribution in [0, 0.1) is 0 Å². The Bertz CT molecular complexity index is 936. The topological polar surface area (TPSA) is 17.8 Å². The molecule has 108 valence electrons. The molecule has 0 fully saturated rings. The minimum absolute atomic E-state index is 0.870. The highest BCUT2D eigenvalue weighted by molar-refractivity contribution is 6.08. The number of nitrogens with zero attached hydrogens (tertiary/aromatic N) is 2. The molecule has 0 atom stereocenters. The van der Waals surface area contributed by atoms with Crippen molar-refractivity contribution in [1.82, 2.24) is 9.55 Å². The highest BCUT2D eigenvalue weighted by Crippen LogP contribution is 2.31. The molecule has 0 aliphatic carbocycles. The van der Waals surface area contributed by atoms with Crippen molar-refractivity contribution in [2.24, 2.45) is 0 Å². The van der Waals surface area contributed by atoms with E-state index in [9.17, 15) is 0 Å². The van der Waals surface area contributed by atoms with Gasteiger partial charge in [-0.15, -0.1) is 0 Å². The highest BCUT2D eigenvalue weighted by Gasteiger charge is 2.13. The zero-order chi connectivity index (χ0) is 14.9. The first-order valence-electron chi connectivity index (χ1n) is 7.77. The van der Waals surface area contributed by atoms with Crippen molar-refractivity contribution >= 4 is 21.8 Å². The van der Waals surface area contributed by atoms with Crippen LogP contribution in [0.5, 0.6) is 0 Å². The smallest absolute Gasteiger partial charge is 0.0713 e. The van der Waals surface area contributed by atoms with Crippen LogP contribution in [0.3, 0.4) is 0 Å². The molecular weight excluding hydrogens is 268 g/mol. The van der Waals surface area contributed by atoms with Gasteiger partial charge < -0.3 is 4.57 Å². The number of para-hydroxylation sites is 1. The van der Waals surface area contributed by atoms with Crippen LogP contribution in [0.1, 0.15) is 18.2 Å². The third kappa shape index (κ3) is 2.00. The van der Waals surface area contributed by atoms with Gasteiger partial charge in [-0.3, -0.25) is 4.98 Å². The second-order valence-corrected chi connectivity index (χ2v) is 5.58. The minimum atomic E-state index is 0.870. The monoisotopic (exact) mass is 286 g/mol. The van der Waals surface area contributed by atoms with Gasteiger partial charge in [0.25, 0.3) is 0 Å². The molecule has 0 amide bonds. The summed E-state index contributed by atoms with van der Waals surface area (Å²) in [5.41, 5.74) is 5.02. The van der Waals surface area contributed by atoms with Gasteiger partial charge in [0.15, 0.2) is 0 Å². The Kier molecular flexibility index (Phi) is 3.15. The van der Waals surface area contributed by atoms with E-state index < -0.39 is 0 Å². The quantitative estimate of drug-likeness (QED) is 0.529. The van der Waals surface area contributed by atoms with Gasteiger partial charge in [-0.2, -0.15) is 0 Å². The van der Waals surface area contributed by atoms with Crippen molar-refractivity contribution in [3.8, 4) is 0 Å². The highest BCUT2D eigenvalue weighted by atomic mass is 15.0. The predicted molar refractivity (Wildman–Crippen MR) is 92.2 cm³/mol. The zero-order valence-electron chi connectivity index (χ0n) is 12.7. The van der Waals surface area contributed by atoms with Crippen LogP contribution in [0.15, 0.2) is 66.9 Å². The van der Waals surface area contributed by atoms with E-state index in [0.717, 1.165) is 18.7 Å². The fraction of sp³-hybridized carbons (Fsp3) is 0.150. The Morgan fingerprint density at radius 2 is 1.64 bits per heavy atom. The Labute approximate surface area is 130 Å². The van der Waals surface area contributed by atoms with Gasteiger partial charge in [-0.25, -0.2) is 0 Å². The van der Waals surface area contributed by atoms with E-state index in [1.54, 1.807) is 0 Å². The fourth-order valence-corrected chi connectivity index (χ4v) is 3.32. The third-order valence-electron chi connectivity index (χ3n) is 4.29. The largest absolute Gasteiger partial charge is 0.339 e. The molecule has 2 aromatic carbocycles. The third-order valence-corrected chi connectivity index (χ3v) is 4.29. The van der Waals surface area contributed by atoms with Crippen LogP contribution in [0.25, 0.3) is 21.8 Å². The molecule has 0 radical (unpaired) electrons. The molecule has 4 aromatic rings. The molecule has 2 nitrogen and oxygen atoms in total. The number of benzene rings is 2. The van der Waals surface area contributed by atoms with Crippen LogP contribution in [0.4, 0.5) is 0 Å². The summed E-state index contributed by atoms with van der Waals surface area (Å²) in [5.74, 6) is 0. The van der Waals surface area contributed by atoms with Crippen LogP contribution in [-0.4, -0.2) is 9.55 Å². The van der Waals surface area contributed by atoms with Crippen LogP contribution >= 0.6 is 0 Å². The maximum Gasteiger partial charge on any atom is 0.0713 e. The number of rotatable bonds is 3. The minimum Gasteiger partial charge on any atom is -0.339 e. The maximum atomic E-state index is 4.69. The van der Waals surface area contributed by atoms with E-state index in [1.165, 1.54) is 27.4 Å². The molecule has 4 rings (SSSR count). The summed E-state index contributed by atoms with van der Waals surface area (Å²) in [5, 5.41) is 2.62. The van der Waals surface area contributed by atoms with E-state index >= 15 is 0 Å². The van der Waals surface area contributed by atoms with Gasteiger partial charge in [0, 0.05) is 35.5 Å². The van der Waals surface area contributed by atoms with Crippen LogP contribution in [-0.2, 0) is 13.0 Å². The number of hydrogen-bond acceptors (Lipinski definition) is 1. The van der Waals surface area contributed by atoms with Crippen molar-refractivity contribution in [3.63, 3.8) is 0 Å². The van der Waals surface area contributed by atoms with Gasteiger partial charge in [0.1, 0.15) is 0 Å². The van der Waals surface area contributed by atoms with E-state index in [1.807, 2.05) is 6.20 Å². The second kappa shape index (κ2) is 5.30. The SMILES string of the molecule is CCn1c2ccccc2c2ccnc(Cc3ccccc3)c21. The Hall–Kier alpha value is -2.61. The van der Waals surface area contributed by atoms with E-state index in [-0.39, 0.29) is 0 Å². The standard InChI is InChI=1S/C20H18N2/c1-2-22-19-11-7-6-10-16(19)17-12-13-21-18(20(17)22)14-15-8-4-3-5-9-15/h3-13H,2,14H2,1H3. The summed E-state index contributed by atoms with van der Waals surface area (Å²) in [6.07, 6.45) is 2.81. The first-order valence-corrected chi connectivity index (χ1v) is 7.77. The lowest BCUT2D eigenvalue weighted by atomic mass is 10.1. The van der Waals surface area contributed by atoms with Gasteiger partial charge in [-0.1, -0.05) is 48.5 Å². The first kappa shape index (κ1) is 13.1. The summed E-state index contributed by atoms with van der Waals surface area (Å²) in [6.45, 7) is 3.16. The van der Waals surface area contributed by atoms with Gasteiger partial charge in [0.2, 0.25) is 0 Å². The average molecular weight is 286 g/mol. The van der Waals surface area contributed by atoms with Crippen molar-refractivity contribution < 1.29 is 0 Å². The number of fused-ring (bicyclic) bond motifs is 3. The summed E-state index contributed by atoms with van der Waals surface area (Å²) in [4.78, 5) is 4.69. The Morgan fingerprint density at radius 1 is 0.864 bits per heavy atom. The number of pyridine rings is 1. The van der Waals surface area contributed by atoms with Gasteiger partial charge >= 0.3 is 0 Å². The van der Waals surface area contributed by atoms with Gasteiger partial charge in [0.05, 0.1) is 11.2 Å². The van der Waals surface area contributed by atoms with Gasteiger partial charge in [-0.05, 0) is 24.6 Å². The molecule has 0 bridgehead atoms. The summed E-state index contributed by atoms with van der Waals surface area (Å²) < 4.78 is 2.38. The molecular formula is C20H18N2.